The summed E-state index contributed by atoms with van der Waals surface area (Å²) in [5, 5.41) is 0. The topological polar surface area (TPSA) is 57.7 Å². The number of hydrogen-bond donors (Lipinski definition) is 0. The highest BCUT2D eigenvalue weighted by atomic mass is 79.9. The zero-order valence-corrected chi connectivity index (χ0v) is 19.0. The zero-order chi connectivity index (χ0) is 21.6. The van der Waals surface area contributed by atoms with Crippen molar-refractivity contribution in [3.63, 3.8) is 0 Å². The summed E-state index contributed by atoms with van der Waals surface area (Å²) >= 11 is 3.35. The predicted molar refractivity (Wildman–Crippen MR) is 123 cm³/mol. The van der Waals surface area contributed by atoms with E-state index in [1.54, 1.807) is 29.2 Å². The van der Waals surface area contributed by atoms with Crippen molar-refractivity contribution in [2.45, 2.75) is 13.1 Å². The van der Waals surface area contributed by atoms with E-state index < -0.39 is 10.0 Å². The SMILES string of the molecule is CS(=O)(=O)N(CC(=O)N(Cc1ccccc1)Cc1ccccc1)c1ccc(Br)cc1. The molecule has 0 radical (unpaired) electrons. The molecule has 0 saturated heterocycles. The van der Waals surface area contributed by atoms with Crippen LogP contribution in [0.1, 0.15) is 11.1 Å². The molecule has 0 bridgehead atoms. The number of benzene rings is 3. The van der Waals surface area contributed by atoms with Gasteiger partial charge in [-0.15, -0.1) is 0 Å². The Balaban J connectivity index is 1.87. The van der Waals surface area contributed by atoms with E-state index in [0.717, 1.165) is 26.2 Å². The monoisotopic (exact) mass is 486 g/mol. The number of halogens is 1. The fourth-order valence-electron chi connectivity index (χ4n) is 3.07. The molecule has 0 aliphatic heterocycles. The molecule has 1 amide bonds. The van der Waals surface area contributed by atoms with Crippen LogP contribution in [0.5, 0.6) is 0 Å². The van der Waals surface area contributed by atoms with E-state index in [4.69, 9.17) is 0 Å². The summed E-state index contributed by atoms with van der Waals surface area (Å²) in [7, 11) is -3.63. The summed E-state index contributed by atoms with van der Waals surface area (Å²) in [6.07, 6.45) is 1.11. The Morgan fingerprint density at radius 3 is 1.70 bits per heavy atom. The van der Waals surface area contributed by atoms with E-state index in [0.29, 0.717) is 18.8 Å². The summed E-state index contributed by atoms with van der Waals surface area (Å²) in [6, 6.07) is 26.2. The van der Waals surface area contributed by atoms with Gasteiger partial charge in [-0.3, -0.25) is 9.10 Å². The average molecular weight is 487 g/mol. The summed E-state index contributed by atoms with van der Waals surface area (Å²) in [6.45, 7) is 0.527. The lowest BCUT2D eigenvalue weighted by Gasteiger charge is -2.28. The largest absolute Gasteiger partial charge is 0.332 e. The van der Waals surface area contributed by atoms with Crippen LogP contribution in [-0.4, -0.2) is 32.0 Å². The van der Waals surface area contributed by atoms with Crippen LogP contribution in [0.25, 0.3) is 0 Å². The lowest BCUT2D eigenvalue weighted by Crippen LogP contribution is -2.42. The third-order valence-electron chi connectivity index (χ3n) is 4.58. The van der Waals surface area contributed by atoms with Crippen molar-refractivity contribution in [1.82, 2.24) is 4.90 Å². The van der Waals surface area contributed by atoms with Crippen LogP contribution in [-0.2, 0) is 27.9 Å². The molecule has 30 heavy (non-hydrogen) atoms. The Kier molecular flexibility index (Phi) is 7.29. The van der Waals surface area contributed by atoms with Gasteiger partial charge in [-0.05, 0) is 35.4 Å². The van der Waals surface area contributed by atoms with Crippen molar-refractivity contribution in [2.75, 3.05) is 17.1 Å². The highest BCUT2D eigenvalue weighted by Crippen LogP contribution is 2.21. The molecule has 0 spiro atoms. The van der Waals surface area contributed by atoms with Gasteiger partial charge in [0.25, 0.3) is 0 Å². The second-order valence-electron chi connectivity index (χ2n) is 6.97. The Bertz CT molecular complexity index is 1030. The Labute approximate surface area is 186 Å². The van der Waals surface area contributed by atoms with Crippen LogP contribution in [0.4, 0.5) is 5.69 Å². The standard InChI is InChI=1S/C23H23BrN2O3S/c1-30(28,29)26(22-14-12-21(24)13-15-22)18-23(27)25(16-19-8-4-2-5-9-19)17-20-10-6-3-7-11-20/h2-15H,16-18H2,1H3. The second kappa shape index (κ2) is 9.91. The second-order valence-corrected chi connectivity index (χ2v) is 9.79. The Morgan fingerprint density at radius 1 is 0.800 bits per heavy atom. The Hall–Kier alpha value is -2.64. The fraction of sp³-hybridized carbons (Fsp3) is 0.174. The lowest BCUT2D eigenvalue weighted by atomic mass is 10.1. The number of amides is 1. The number of rotatable bonds is 8. The van der Waals surface area contributed by atoms with E-state index >= 15 is 0 Å². The molecule has 5 nitrogen and oxygen atoms in total. The van der Waals surface area contributed by atoms with Gasteiger partial charge in [0.1, 0.15) is 6.54 Å². The highest BCUT2D eigenvalue weighted by Gasteiger charge is 2.24. The molecular weight excluding hydrogens is 464 g/mol. The molecule has 0 unspecified atom stereocenters. The third-order valence-corrected chi connectivity index (χ3v) is 6.25. The maximum atomic E-state index is 13.3. The first-order chi connectivity index (χ1) is 14.3. The number of nitrogens with zero attached hydrogens (tertiary/aromatic N) is 2. The maximum Gasteiger partial charge on any atom is 0.243 e. The number of carbonyl (C=O) groups is 1. The average Bonchev–Trinajstić information content (AvgIpc) is 2.73. The number of hydrogen-bond acceptors (Lipinski definition) is 3. The van der Waals surface area contributed by atoms with E-state index in [1.165, 1.54) is 0 Å². The number of sulfonamides is 1. The molecule has 156 valence electrons. The quantitative estimate of drug-likeness (QED) is 0.472. The molecule has 0 aliphatic carbocycles. The maximum absolute atomic E-state index is 13.3. The van der Waals surface area contributed by atoms with E-state index in [1.807, 2.05) is 60.7 Å². The first kappa shape index (κ1) is 22.1. The summed E-state index contributed by atoms with van der Waals surface area (Å²) in [5.41, 5.74) is 2.42. The summed E-state index contributed by atoms with van der Waals surface area (Å²) in [4.78, 5) is 14.9. The first-order valence-corrected chi connectivity index (χ1v) is 12.1. The van der Waals surface area contributed by atoms with E-state index in [9.17, 15) is 13.2 Å². The zero-order valence-electron chi connectivity index (χ0n) is 16.6. The van der Waals surface area contributed by atoms with Crippen LogP contribution in [0, 0.1) is 0 Å². The predicted octanol–water partition coefficient (Wildman–Crippen LogP) is 4.44. The molecule has 0 aromatic heterocycles. The molecule has 0 aliphatic rings. The summed E-state index contributed by atoms with van der Waals surface area (Å²) < 4.78 is 26.8. The smallest absolute Gasteiger partial charge is 0.243 e. The first-order valence-electron chi connectivity index (χ1n) is 9.42. The van der Waals surface area contributed by atoms with Crippen LogP contribution >= 0.6 is 15.9 Å². The van der Waals surface area contributed by atoms with Gasteiger partial charge in [0.05, 0.1) is 11.9 Å². The van der Waals surface area contributed by atoms with Crippen molar-refractivity contribution < 1.29 is 13.2 Å². The van der Waals surface area contributed by atoms with Crippen LogP contribution in [0.3, 0.4) is 0 Å². The van der Waals surface area contributed by atoms with Gasteiger partial charge in [0.2, 0.25) is 15.9 Å². The number of anilines is 1. The highest BCUT2D eigenvalue weighted by molar-refractivity contribution is 9.10. The van der Waals surface area contributed by atoms with Crippen LogP contribution in [0.2, 0.25) is 0 Å². The van der Waals surface area contributed by atoms with Gasteiger partial charge in [-0.1, -0.05) is 76.6 Å². The van der Waals surface area contributed by atoms with Gasteiger partial charge in [-0.25, -0.2) is 8.42 Å². The van der Waals surface area contributed by atoms with Crippen LogP contribution in [0.15, 0.2) is 89.4 Å². The van der Waals surface area contributed by atoms with Gasteiger partial charge in [0, 0.05) is 17.6 Å². The Morgan fingerprint density at radius 2 is 1.27 bits per heavy atom. The molecule has 0 fully saturated rings. The van der Waals surface area contributed by atoms with Crippen molar-refractivity contribution >= 4 is 37.5 Å². The third kappa shape index (κ3) is 6.18. The van der Waals surface area contributed by atoms with Gasteiger partial charge >= 0.3 is 0 Å². The van der Waals surface area contributed by atoms with Crippen LogP contribution < -0.4 is 4.31 Å². The van der Waals surface area contributed by atoms with Gasteiger partial charge in [0.15, 0.2) is 0 Å². The van der Waals surface area contributed by atoms with Crippen molar-refractivity contribution in [1.29, 1.82) is 0 Å². The normalized spacial score (nSPS) is 11.1. The van der Waals surface area contributed by atoms with E-state index in [2.05, 4.69) is 15.9 Å². The minimum atomic E-state index is -3.63. The van der Waals surface area contributed by atoms with Crippen molar-refractivity contribution in [3.05, 3.63) is 101 Å². The molecule has 0 heterocycles. The molecule has 3 rings (SSSR count). The summed E-state index contributed by atoms with van der Waals surface area (Å²) in [5.74, 6) is -0.268. The van der Waals surface area contributed by atoms with Gasteiger partial charge < -0.3 is 4.90 Å². The van der Waals surface area contributed by atoms with Crippen molar-refractivity contribution in [2.24, 2.45) is 0 Å². The fourth-order valence-corrected chi connectivity index (χ4v) is 4.18. The molecule has 3 aromatic carbocycles. The minimum Gasteiger partial charge on any atom is -0.332 e. The minimum absolute atomic E-state index is 0.264. The molecule has 3 aromatic rings. The number of carbonyl (C=O) groups excluding carboxylic acids is 1. The molecule has 0 atom stereocenters. The lowest BCUT2D eigenvalue weighted by molar-refractivity contribution is -0.130. The van der Waals surface area contributed by atoms with Crippen molar-refractivity contribution in [3.8, 4) is 0 Å². The molecule has 0 saturated carbocycles. The molecular formula is C23H23BrN2O3S. The molecule has 0 N–H and O–H groups in total. The van der Waals surface area contributed by atoms with Gasteiger partial charge in [-0.2, -0.15) is 0 Å². The van der Waals surface area contributed by atoms with E-state index in [-0.39, 0.29) is 12.5 Å². The molecule has 7 heteroatoms.